The van der Waals surface area contributed by atoms with E-state index in [4.69, 9.17) is 0 Å². The van der Waals surface area contributed by atoms with Crippen molar-refractivity contribution >= 4 is 16.7 Å². The average Bonchev–Trinajstić information content (AvgIpc) is 2.70. The lowest BCUT2D eigenvalue weighted by Gasteiger charge is -2.29. The first-order valence-electron chi connectivity index (χ1n) is 9.69. The van der Waals surface area contributed by atoms with Gasteiger partial charge in [0.25, 0.3) is 5.91 Å². The number of benzene rings is 3. The maximum atomic E-state index is 12.5. The number of likely N-dealkylation sites (tertiary alicyclic amines) is 1. The molecule has 1 aliphatic rings. The van der Waals surface area contributed by atoms with E-state index in [1.54, 1.807) is 0 Å². The molecule has 1 fully saturated rings. The predicted octanol–water partition coefficient (Wildman–Crippen LogP) is 4.64. The number of carbonyl (C=O) groups excluding carboxylic acids is 1. The summed E-state index contributed by atoms with van der Waals surface area (Å²) in [6, 6.07) is 21.2. The molecule has 0 atom stereocenters. The van der Waals surface area contributed by atoms with Crippen molar-refractivity contribution in [2.24, 2.45) is 0 Å². The number of hydrogen-bond donors (Lipinski definition) is 1. The van der Waals surface area contributed by atoms with E-state index < -0.39 is 0 Å². The van der Waals surface area contributed by atoms with Crippen LogP contribution in [-0.2, 0) is 0 Å². The van der Waals surface area contributed by atoms with Gasteiger partial charge in [0.1, 0.15) is 0 Å². The van der Waals surface area contributed by atoms with Crippen molar-refractivity contribution in [1.29, 1.82) is 0 Å². The monoisotopic (exact) mass is 358 g/mol. The van der Waals surface area contributed by atoms with Crippen LogP contribution in [0, 0.1) is 6.92 Å². The number of amides is 1. The third-order valence-corrected chi connectivity index (χ3v) is 5.63. The minimum Gasteiger partial charge on any atom is -0.349 e. The van der Waals surface area contributed by atoms with E-state index in [0.29, 0.717) is 0 Å². The summed E-state index contributed by atoms with van der Waals surface area (Å²) >= 11 is 0. The first kappa shape index (κ1) is 17.7. The SMILES string of the molecule is Cc1cccc2cc(-c3ccc(C(=O)NC4CCN(C)CC4)cc3)ccc12. The molecule has 0 bridgehead atoms. The molecule has 27 heavy (non-hydrogen) atoms. The van der Waals surface area contributed by atoms with Crippen LogP contribution in [0.3, 0.4) is 0 Å². The molecule has 138 valence electrons. The molecule has 1 saturated heterocycles. The van der Waals surface area contributed by atoms with Crippen LogP contribution in [0.5, 0.6) is 0 Å². The second-order valence-corrected chi connectivity index (χ2v) is 7.64. The third kappa shape index (κ3) is 3.88. The zero-order valence-corrected chi connectivity index (χ0v) is 16.0. The van der Waals surface area contributed by atoms with Crippen molar-refractivity contribution < 1.29 is 4.79 Å². The number of hydrogen-bond acceptors (Lipinski definition) is 2. The Morgan fingerprint density at radius 2 is 1.67 bits per heavy atom. The minimum atomic E-state index is 0.0326. The Bertz CT molecular complexity index is 954. The molecule has 4 rings (SSSR count). The zero-order valence-electron chi connectivity index (χ0n) is 16.0. The van der Waals surface area contributed by atoms with Crippen LogP contribution in [0.25, 0.3) is 21.9 Å². The second-order valence-electron chi connectivity index (χ2n) is 7.64. The fourth-order valence-electron chi connectivity index (χ4n) is 3.86. The first-order valence-corrected chi connectivity index (χ1v) is 9.69. The molecule has 3 heteroatoms. The van der Waals surface area contributed by atoms with E-state index in [-0.39, 0.29) is 11.9 Å². The standard InChI is InChI=1S/C24H26N2O/c1-17-4-3-5-21-16-20(10-11-23(17)21)18-6-8-19(9-7-18)24(27)25-22-12-14-26(2)15-13-22/h3-11,16,22H,12-15H2,1-2H3,(H,25,27). The van der Waals surface area contributed by atoms with Gasteiger partial charge in [-0.1, -0.05) is 42.5 Å². The van der Waals surface area contributed by atoms with Gasteiger partial charge in [0.2, 0.25) is 0 Å². The lowest BCUT2D eigenvalue weighted by Crippen LogP contribution is -2.43. The highest BCUT2D eigenvalue weighted by Gasteiger charge is 2.19. The van der Waals surface area contributed by atoms with Crippen LogP contribution < -0.4 is 5.32 Å². The molecule has 0 unspecified atom stereocenters. The highest BCUT2D eigenvalue weighted by Crippen LogP contribution is 2.26. The molecule has 0 saturated carbocycles. The Labute approximate surface area is 161 Å². The molecule has 1 amide bonds. The normalized spacial score (nSPS) is 15.8. The summed E-state index contributed by atoms with van der Waals surface area (Å²) in [5, 5.41) is 5.71. The average molecular weight is 358 g/mol. The molecule has 1 aliphatic heterocycles. The fourth-order valence-corrected chi connectivity index (χ4v) is 3.86. The Kier molecular flexibility index (Phi) is 4.95. The van der Waals surface area contributed by atoms with Gasteiger partial charge in [-0.05, 0) is 85.6 Å². The van der Waals surface area contributed by atoms with Crippen molar-refractivity contribution in [2.75, 3.05) is 20.1 Å². The number of nitrogens with zero attached hydrogens (tertiary/aromatic N) is 1. The van der Waals surface area contributed by atoms with Crippen molar-refractivity contribution in [2.45, 2.75) is 25.8 Å². The summed E-state index contributed by atoms with van der Waals surface area (Å²) in [4.78, 5) is 14.8. The Morgan fingerprint density at radius 3 is 2.41 bits per heavy atom. The van der Waals surface area contributed by atoms with E-state index in [0.717, 1.165) is 37.1 Å². The highest BCUT2D eigenvalue weighted by atomic mass is 16.1. The number of nitrogens with one attached hydrogen (secondary N) is 1. The van der Waals surface area contributed by atoms with E-state index in [1.165, 1.54) is 21.9 Å². The predicted molar refractivity (Wildman–Crippen MR) is 112 cm³/mol. The van der Waals surface area contributed by atoms with Crippen molar-refractivity contribution in [3.63, 3.8) is 0 Å². The second kappa shape index (κ2) is 7.53. The molecular weight excluding hydrogens is 332 g/mol. The van der Waals surface area contributed by atoms with Crippen LogP contribution in [0.15, 0.2) is 60.7 Å². The topological polar surface area (TPSA) is 32.3 Å². The van der Waals surface area contributed by atoms with Gasteiger partial charge in [-0.25, -0.2) is 0 Å². The summed E-state index contributed by atoms with van der Waals surface area (Å²) in [7, 11) is 2.13. The summed E-state index contributed by atoms with van der Waals surface area (Å²) in [5.74, 6) is 0.0326. The van der Waals surface area contributed by atoms with Crippen molar-refractivity contribution in [3.05, 3.63) is 71.8 Å². The maximum Gasteiger partial charge on any atom is 0.251 e. The van der Waals surface area contributed by atoms with Crippen LogP contribution in [0.4, 0.5) is 0 Å². The quantitative estimate of drug-likeness (QED) is 0.740. The molecule has 1 N–H and O–H groups in total. The summed E-state index contributed by atoms with van der Waals surface area (Å²) < 4.78 is 0. The van der Waals surface area contributed by atoms with Crippen LogP contribution in [0.2, 0.25) is 0 Å². The van der Waals surface area contributed by atoms with Gasteiger partial charge in [-0.15, -0.1) is 0 Å². The van der Waals surface area contributed by atoms with E-state index in [2.05, 4.69) is 60.6 Å². The largest absolute Gasteiger partial charge is 0.349 e. The number of piperidine rings is 1. The van der Waals surface area contributed by atoms with Gasteiger partial charge < -0.3 is 10.2 Å². The van der Waals surface area contributed by atoms with E-state index in [1.807, 2.05) is 24.3 Å². The Balaban J connectivity index is 1.49. The summed E-state index contributed by atoms with van der Waals surface area (Å²) in [6.07, 6.45) is 2.05. The van der Waals surface area contributed by atoms with Crippen molar-refractivity contribution in [1.82, 2.24) is 10.2 Å². The smallest absolute Gasteiger partial charge is 0.251 e. The summed E-state index contributed by atoms with van der Waals surface area (Å²) in [6.45, 7) is 4.23. The molecule has 3 aromatic carbocycles. The van der Waals surface area contributed by atoms with Gasteiger partial charge in [0.15, 0.2) is 0 Å². The molecule has 0 aliphatic carbocycles. The van der Waals surface area contributed by atoms with Crippen LogP contribution in [-0.4, -0.2) is 37.0 Å². The number of fused-ring (bicyclic) bond motifs is 1. The minimum absolute atomic E-state index is 0.0326. The molecule has 3 nitrogen and oxygen atoms in total. The molecule has 0 radical (unpaired) electrons. The molecule has 0 spiro atoms. The maximum absolute atomic E-state index is 12.5. The van der Waals surface area contributed by atoms with E-state index >= 15 is 0 Å². The molecule has 0 aromatic heterocycles. The van der Waals surface area contributed by atoms with Gasteiger partial charge in [0.05, 0.1) is 0 Å². The number of rotatable bonds is 3. The van der Waals surface area contributed by atoms with Gasteiger partial charge in [0, 0.05) is 11.6 Å². The zero-order chi connectivity index (χ0) is 18.8. The van der Waals surface area contributed by atoms with Crippen molar-refractivity contribution in [3.8, 4) is 11.1 Å². The van der Waals surface area contributed by atoms with Gasteiger partial charge >= 0.3 is 0 Å². The Morgan fingerprint density at radius 1 is 0.963 bits per heavy atom. The molecule has 3 aromatic rings. The lowest BCUT2D eigenvalue weighted by molar-refractivity contribution is 0.0917. The van der Waals surface area contributed by atoms with E-state index in [9.17, 15) is 4.79 Å². The Hall–Kier alpha value is -2.65. The first-order chi connectivity index (χ1) is 13.1. The fraction of sp³-hybridized carbons (Fsp3) is 0.292. The lowest BCUT2D eigenvalue weighted by atomic mass is 9.98. The number of carbonyl (C=O) groups is 1. The van der Waals surface area contributed by atoms with Crippen LogP contribution >= 0.6 is 0 Å². The summed E-state index contributed by atoms with van der Waals surface area (Å²) in [5.41, 5.74) is 4.33. The third-order valence-electron chi connectivity index (χ3n) is 5.63. The molecule has 1 heterocycles. The van der Waals surface area contributed by atoms with Crippen LogP contribution in [0.1, 0.15) is 28.8 Å². The highest BCUT2D eigenvalue weighted by molar-refractivity contribution is 5.95. The van der Waals surface area contributed by atoms with Gasteiger partial charge in [-0.3, -0.25) is 4.79 Å². The van der Waals surface area contributed by atoms with Gasteiger partial charge in [-0.2, -0.15) is 0 Å². The molecular formula is C24H26N2O. The number of aryl methyl sites for hydroxylation is 1.